The average Bonchev–Trinajstić information content (AvgIpc) is 2.58. The van der Waals surface area contributed by atoms with Crippen LogP contribution in [0.3, 0.4) is 0 Å². The Morgan fingerprint density at radius 1 is 1.38 bits per heavy atom. The van der Waals surface area contributed by atoms with E-state index in [0.717, 1.165) is 25.7 Å². The van der Waals surface area contributed by atoms with Crippen LogP contribution in [0.4, 0.5) is 13.2 Å². The Kier molecular flexibility index (Phi) is 4.20. The molecule has 1 unspecified atom stereocenters. The third-order valence-electron chi connectivity index (χ3n) is 3.26. The van der Waals surface area contributed by atoms with Crippen molar-refractivity contribution in [3.63, 3.8) is 0 Å². The summed E-state index contributed by atoms with van der Waals surface area (Å²) >= 11 is 0. The van der Waals surface area contributed by atoms with E-state index >= 15 is 0 Å². The Labute approximate surface area is 93.8 Å². The van der Waals surface area contributed by atoms with Crippen molar-refractivity contribution in [2.75, 3.05) is 13.1 Å². The van der Waals surface area contributed by atoms with Gasteiger partial charge in [0.25, 0.3) is 0 Å². The molecule has 0 aromatic carbocycles. The van der Waals surface area contributed by atoms with E-state index in [-0.39, 0.29) is 12.0 Å². The fourth-order valence-corrected chi connectivity index (χ4v) is 2.16. The highest BCUT2D eigenvalue weighted by molar-refractivity contribution is 4.91. The van der Waals surface area contributed by atoms with E-state index in [2.05, 4.69) is 12.2 Å². The lowest BCUT2D eigenvalue weighted by atomic mass is 9.89. The summed E-state index contributed by atoms with van der Waals surface area (Å²) in [6.07, 6.45) is 0.00304. The zero-order chi connectivity index (χ0) is 12.2. The maximum Gasteiger partial charge on any atom is 0.405 e. The van der Waals surface area contributed by atoms with Gasteiger partial charge >= 0.3 is 6.18 Å². The maximum atomic E-state index is 12.3. The normalized spacial score (nSPS) is 21.7. The van der Waals surface area contributed by atoms with Crippen LogP contribution in [0.15, 0.2) is 0 Å². The second-order valence-electron chi connectivity index (χ2n) is 4.87. The Hall–Kier alpha value is -0.760. The number of halogens is 3. The van der Waals surface area contributed by atoms with Gasteiger partial charge < -0.3 is 5.32 Å². The number of rotatable bonds is 4. The zero-order valence-corrected chi connectivity index (χ0v) is 9.40. The summed E-state index contributed by atoms with van der Waals surface area (Å²) in [5.74, 6) is -1.89. The van der Waals surface area contributed by atoms with Crippen LogP contribution in [-0.4, -0.2) is 19.3 Å². The summed E-state index contributed by atoms with van der Waals surface area (Å²) in [5, 5.41) is 11.2. The lowest BCUT2D eigenvalue weighted by molar-refractivity contribution is -0.157. The lowest BCUT2D eigenvalue weighted by Gasteiger charge is -2.24. The van der Waals surface area contributed by atoms with Gasteiger partial charge in [0.15, 0.2) is 5.92 Å². The molecule has 0 aromatic heterocycles. The summed E-state index contributed by atoms with van der Waals surface area (Å²) in [4.78, 5) is 0. The molecular weight excluding hydrogens is 217 g/mol. The highest BCUT2D eigenvalue weighted by Crippen LogP contribution is 2.36. The minimum atomic E-state index is -4.42. The summed E-state index contributed by atoms with van der Waals surface area (Å²) in [6, 6.07) is 1.29. The Morgan fingerprint density at radius 3 is 2.38 bits per heavy atom. The van der Waals surface area contributed by atoms with Crippen LogP contribution in [0.2, 0.25) is 0 Å². The molecule has 1 atom stereocenters. The van der Waals surface area contributed by atoms with Gasteiger partial charge in [0.1, 0.15) is 0 Å². The third-order valence-corrected chi connectivity index (χ3v) is 3.26. The summed E-state index contributed by atoms with van der Waals surface area (Å²) in [7, 11) is 0. The maximum absolute atomic E-state index is 12.3. The van der Waals surface area contributed by atoms with Crippen molar-refractivity contribution in [3.8, 4) is 6.07 Å². The minimum absolute atomic E-state index is 0.117. The molecule has 0 amide bonds. The lowest BCUT2D eigenvalue weighted by Crippen LogP contribution is -2.37. The van der Waals surface area contributed by atoms with Crippen molar-refractivity contribution in [3.05, 3.63) is 0 Å². The minimum Gasteiger partial charge on any atom is -0.315 e. The van der Waals surface area contributed by atoms with Gasteiger partial charge in [0.05, 0.1) is 6.07 Å². The molecule has 1 rings (SSSR count). The third kappa shape index (κ3) is 3.67. The molecule has 1 aliphatic rings. The van der Waals surface area contributed by atoms with Crippen LogP contribution in [0.5, 0.6) is 0 Å². The Bertz CT molecular complexity index is 261. The predicted octanol–water partition coefficient (Wildman–Crippen LogP) is 2.86. The van der Waals surface area contributed by atoms with E-state index in [4.69, 9.17) is 5.26 Å². The van der Waals surface area contributed by atoms with E-state index in [9.17, 15) is 13.2 Å². The van der Waals surface area contributed by atoms with Crippen molar-refractivity contribution in [2.45, 2.75) is 38.8 Å². The first-order chi connectivity index (χ1) is 7.37. The van der Waals surface area contributed by atoms with Gasteiger partial charge in [-0.25, -0.2) is 0 Å². The SMILES string of the molecule is CC1(CNCC(C#N)C(F)(F)F)CCCC1. The van der Waals surface area contributed by atoms with Crippen molar-refractivity contribution in [2.24, 2.45) is 11.3 Å². The molecule has 0 heterocycles. The molecule has 1 N–H and O–H groups in total. The molecule has 5 heteroatoms. The molecule has 0 bridgehead atoms. The topological polar surface area (TPSA) is 35.8 Å². The van der Waals surface area contributed by atoms with Crippen molar-refractivity contribution in [1.82, 2.24) is 5.32 Å². The Balaban J connectivity index is 2.32. The smallest absolute Gasteiger partial charge is 0.315 e. The molecule has 1 aliphatic carbocycles. The number of alkyl halides is 3. The Morgan fingerprint density at radius 2 is 1.94 bits per heavy atom. The highest BCUT2D eigenvalue weighted by Gasteiger charge is 2.40. The van der Waals surface area contributed by atoms with Crippen LogP contribution in [0, 0.1) is 22.7 Å². The molecule has 1 fully saturated rings. The van der Waals surface area contributed by atoms with Crippen LogP contribution in [-0.2, 0) is 0 Å². The number of nitriles is 1. The molecule has 92 valence electrons. The number of hydrogen-bond acceptors (Lipinski definition) is 2. The van der Waals surface area contributed by atoms with Gasteiger partial charge in [-0.1, -0.05) is 19.8 Å². The summed E-state index contributed by atoms with van der Waals surface area (Å²) in [6.45, 7) is 2.36. The first-order valence-corrected chi connectivity index (χ1v) is 5.54. The average molecular weight is 234 g/mol. The van der Waals surface area contributed by atoms with Crippen molar-refractivity contribution < 1.29 is 13.2 Å². The quantitative estimate of drug-likeness (QED) is 0.811. The monoisotopic (exact) mass is 234 g/mol. The largest absolute Gasteiger partial charge is 0.405 e. The van der Waals surface area contributed by atoms with Crippen LogP contribution in [0.25, 0.3) is 0 Å². The molecule has 0 saturated heterocycles. The molecule has 0 aromatic rings. The first-order valence-electron chi connectivity index (χ1n) is 5.54. The summed E-state index contributed by atoms with van der Waals surface area (Å²) in [5.41, 5.74) is 0.117. The fourth-order valence-electron chi connectivity index (χ4n) is 2.16. The van der Waals surface area contributed by atoms with Crippen molar-refractivity contribution in [1.29, 1.82) is 5.26 Å². The van der Waals surface area contributed by atoms with E-state index in [1.807, 2.05) is 0 Å². The molecule has 0 aliphatic heterocycles. The summed E-state index contributed by atoms with van der Waals surface area (Å²) < 4.78 is 36.8. The van der Waals surface area contributed by atoms with Gasteiger partial charge in [0.2, 0.25) is 0 Å². The van der Waals surface area contributed by atoms with Crippen LogP contribution < -0.4 is 5.32 Å². The number of nitrogens with zero attached hydrogens (tertiary/aromatic N) is 1. The molecule has 2 nitrogen and oxygen atoms in total. The van der Waals surface area contributed by atoms with Gasteiger partial charge in [-0.3, -0.25) is 0 Å². The highest BCUT2D eigenvalue weighted by atomic mass is 19.4. The van der Waals surface area contributed by atoms with Crippen LogP contribution >= 0.6 is 0 Å². The van der Waals surface area contributed by atoms with Gasteiger partial charge in [-0.15, -0.1) is 0 Å². The van der Waals surface area contributed by atoms with E-state index in [0.29, 0.717) is 6.54 Å². The second kappa shape index (κ2) is 5.05. The standard InChI is InChI=1S/C11H17F3N2/c1-10(4-2-3-5-10)8-16-7-9(6-15)11(12,13)14/h9,16H,2-5,7-8H2,1H3. The van der Waals surface area contributed by atoms with Gasteiger partial charge in [-0.05, 0) is 18.3 Å². The van der Waals surface area contributed by atoms with Crippen molar-refractivity contribution >= 4 is 0 Å². The van der Waals surface area contributed by atoms with Crippen LogP contribution in [0.1, 0.15) is 32.6 Å². The van der Waals surface area contributed by atoms with Gasteiger partial charge in [-0.2, -0.15) is 18.4 Å². The molecule has 0 spiro atoms. The predicted molar refractivity (Wildman–Crippen MR) is 54.6 cm³/mol. The molecular formula is C11H17F3N2. The first kappa shape index (κ1) is 13.3. The second-order valence-corrected chi connectivity index (χ2v) is 4.87. The van der Waals surface area contributed by atoms with E-state index < -0.39 is 12.1 Å². The van der Waals surface area contributed by atoms with E-state index in [1.54, 1.807) is 0 Å². The fraction of sp³-hybridized carbons (Fsp3) is 0.909. The van der Waals surface area contributed by atoms with E-state index in [1.165, 1.54) is 6.07 Å². The van der Waals surface area contributed by atoms with Gasteiger partial charge in [0, 0.05) is 13.1 Å². The number of nitrogens with one attached hydrogen (secondary N) is 1. The number of hydrogen-bond donors (Lipinski definition) is 1. The molecule has 0 radical (unpaired) electrons. The molecule has 16 heavy (non-hydrogen) atoms. The zero-order valence-electron chi connectivity index (χ0n) is 9.40. The molecule has 1 saturated carbocycles.